The van der Waals surface area contributed by atoms with Gasteiger partial charge in [0.15, 0.2) is 18.1 Å². The van der Waals surface area contributed by atoms with Gasteiger partial charge in [0.05, 0.1) is 12.7 Å². The van der Waals surface area contributed by atoms with E-state index < -0.39 is 6.10 Å². The average Bonchev–Trinajstić information content (AvgIpc) is 2.37. The minimum atomic E-state index is -0.732. The van der Waals surface area contributed by atoms with Crippen molar-refractivity contribution in [2.45, 2.75) is 6.10 Å². The highest BCUT2D eigenvalue weighted by atomic mass is 16.5. The Balaban J connectivity index is 2.40. The van der Waals surface area contributed by atoms with Gasteiger partial charge in [-0.25, -0.2) is 0 Å². The van der Waals surface area contributed by atoms with Crippen molar-refractivity contribution in [3.05, 3.63) is 24.3 Å². The Morgan fingerprint density at radius 1 is 1.42 bits per heavy atom. The van der Waals surface area contributed by atoms with E-state index in [1.807, 2.05) is 0 Å². The molecule has 0 spiro atoms. The number of methoxy groups -OCH3 is 1. The van der Waals surface area contributed by atoms with Crippen molar-refractivity contribution >= 4 is 5.91 Å². The third kappa shape index (κ3) is 5.15. The molecule has 6 heteroatoms. The summed E-state index contributed by atoms with van der Waals surface area (Å²) in [4.78, 5) is 13.1. The molecule has 0 aliphatic rings. The molecule has 0 heterocycles. The summed E-state index contributed by atoms with van der Waals surface area (Å²) in [7, 11) is 3.04. The Bertz CT molecular complexity index is 410. The maximum absolute atomic E-state index is 11.7. The van der Waals surface area contributed by atoms with Gasteiger partial charge in [-0.3, -0.25) is 4.79 Å². The normalized spacial score (nSPS) is 11.9. The summed E-state index contributed by atoms with van der Waals surface area (Å²) in [5, 5.41) is 19.0. The van der Waals surface area contributed by atoms with Gasteiger partial charge >= 0.3 is 0 Å². The molecule has 19 heavy (non-hydrogen) atoms. The van der Waals surface area contributed by atoms with E-state index in [-0.39, 0.29) is 37.2 Å². The molecule has 0 saturated heterocycles. The van der Waals surface area contributed by atoms with Crippen molar-refractivity contribution in [3.8, 4) is 11.5 Å². The van der Waals surface area contributed by atoms with Gasteiger partial charge in [0.1, 0.15) is 0 Å². The highest BCUT2D eigenvalue weighted by Gasteiger charge is 2.14. The van der Waals surface area contributed by atoms with Crippen LogP contribution in [0.5, 0.6) is 11.5 Å². The van der Waals surface area contributed by atoms with Gasteiger partial charge in [-0.05, 0) is 12.1 Å². The number of hydrogen-bond acceptors (Lipinski definition) is 5. The number of carbonyl (C=O) groups is 1. The molecule has 1 atom stereocenters. The predicted octanol–water partition coefficient (Wildman–Crippen LogP) is 0.237. The van der Waals surface area contributed by atoms with Gasteiger partial charge in [0, 0.05) is 20.7 Å². The number of amides is 1. The van der Waals surface area contributed by atoms with E-state index in [4.69, 9.17) is 9.47 Å². The molecule has 0 saturated carbocycles. The lowest BCUT2D eigenvalue weighted by molar-refractivity contribution is -0.133. The van der Waals surface area contributed by atoms with E-state index in [2.05, 4.69) is 0 Å². The molecule has 6 nitrogen and oxygen atoms in total. The number of aromatic hydroxyl groups is 1. The molecule has 0 radical (unpaired) electrons. The average molecular weight is 269 g/mol. The monoisotopic (exact) mass is 269 g/mol. The molecular weight excluding hydrogens is 250 g/mol. The Labute approximate surface area is 112 Å². The first-order chi connectivity index (χ1) is 9.04. The smallest absolute Gasteiger partial charge is 0.260 e. The molecule has 1 unspecified atom stereocenters. The number of carbonyl (C=O) groups excluding carboxylic acids is 1. The Hall–Kier alpha value is -1.79. The topological polar surface area (TPSA) is 79.2 Å². The second-order valence-electron chi connectivity index (χ2n) is 4.14. The van der Waals surface area contributed by atoms with Crippen LogP contribution < -0.4 is 4.74 Å². The van der Waals surface area contributed by atoms with Crippen LogP contribution in [0, 0.1) is 0 Å². The second kappa shape index (κ2) is 7.60. The fraction of sp³-hybridized carbons (Fsp3) is 0.462. The first-order valence-corrected chi connectivity index (χ1v) is 5.86. The summed E-state index contributed by atoms with van der Waals surface area (Å²) in [6, 6.07) is 6.41. The highest BCUT2D eigenvalue weighted by molar-refractivity contribution is 5.77. The molecule has 1 aromatic carbocycles. The number of phenols is 1. The van der Waals surface area contributed by atoms with E-state index in [9.17, 15) is 15.0 Å². The molecule has 2 N–H and O–H groups in total. The zero-order valence-corrected chi connectivity index (χ0v) is 11.1. The molecule has 0 aliphatic carbocycles. The van der Waals surface area contributed by atoms with Crippen LogP contribution in [0.15, 0.2) is 24.3 Å². The number of nitrogens with zero attached hydrogens (tertiary/aromatic N) is 1. The predicted molar refractivity (Wildman–Crippen MR) is 69.1 cm³/mol. The minimum absolute atomic E-state index is 0.0163. The fourth-order valence-corrected chi connectivity index (χ4v) is 1.49. The van der Waals surface area contributed by atoms with Crippen LogP contribution in [-0.2, 0) is 9.53 Å². The lowest BCUT2D eigenvalue weighted by Gasteiger charge is -2.20. The number of phenolic OH excluding ortho intramolecular Hbond substituents is 1. The van der Waals surface area contributed by atoms with Gasteiger partial charge in [0.2, 0.25) is 0 Å². The first kappa shape index (κ1) is 15.3. The van der Waals surface area contributed by atoms with Crippen LogP contribution in [0.25, 0.3) is 0 Å². The third-order valence-corrected chi connectivity index (χ3v) is 2.49. The van der Waals surface area contributed by atoms with Crippen molar-refractivity contribution in [2.75, 3.05) is 33.9 Å². The summed E-state index contributed by atoms with van der Waals surface area (Å²) in [5.41, 5.74) is 0. The Morgan fingerprint density at radius 3 is 2.74 bits per heavy atom. The van der Waals surface area contributed by atoms with Crippen LogP contribution in [0.4, 0.5) is 0 Å². The molecule has 1 rings (SSSR count). The molecular formula is C13H19NO5. The summed E-state index contributed by atoms with van der Waals surface area (Å²) in [5.74, 6) is -0.0579. The largest absolute Gasteiger partial charge is 0.504 e. The number of aliphatic hydroxyl groups is 1. The Kier molecular flexibility index (Phi) is 6.11. The maximum atomic E-state index is 11.7. The summed E-state index contributed by atoms with van der Waals surface area (Å²) in [6.45, 7) is 0.128. The number of hydrogen-bond donors (Lipinski definition) is 2. The van der Waals surface area contributed by atoms with Crippen molar-refractivity contribution in [1.82, 2.24) is 4.90 Å². The number of ether oxygens (including phenoxy) is 2. The number of aliphatic hydroxyl groups excluding tert-OH is 1. The summed E-state index contributed by atoms with van der Waals surface area (Å²) < 4.78 is 9.98. The van der Waals surface area contributed by atoms with Crippen molar-refractivity contribution in [1.29, 1.82) is 0 Å². The maximum Gasteiger partial charge on any atom is 0.260 e. The minimum Gasteiger partial charge on any atom is -0.504 e. The zero-order valence-electron chi connectivity index (χ0n) is 11.1. The second-order valence-corrected chi connectivity index (χ2v) is 4.14. The van der Waals surface area contributed by atoms with Crippen LogP contribution >= 0.6 is 0 Å². The number of rotatable bonds is 7. The van der Waals surface area contributed by atoms with Crippen LogP contribution in [-0.4, -0.2) is 61.0 Å². The first-order valence-electron chi connectivity index (χ1n) is 5.86. The molecule has 0 fully saturated rings. The lowest BCUT2D eigenvalue weighted by Crippen LogP contribution is -2.38. The molecule has 0 aliphatic heterocycles. The van der Waals surface area contributed by atoms with E-state index in [0.29, 0.717) is 0 Å². The number of benzene rings is 1. The summed E-state index contributed by atoms with van der Waals surface area (Å²) >= 11 is 0. The molecule has 106 valence electrons. The molecule has 1 amide bonds. The van der Waals surface area contributed by atoms with Gasteiger partial charge in [-0.15, -0.1) is 0 Å². The van der Waals surface area contributed by atoms with Crippen LogP contribution in [0.3, 0.4) is 0 Å². The molecule has 0 aromatic heterocycles. The third-order valence-electron chi connectivity index (χ3n) is 2.49. The van der Waals surface area contributed by atoms with Crippen molar-refractivity contribution in [2.24, 2.45) is 0 Å². The summed E-state index contributed by atoms with van der Waals surface area (Å²) in [6.07, 6.45) is -0.732. The van der Waals surface area contributed by atoms with Crippen molar-refractivity contribution < 1.29 is 24.5 Å². The number of likely N-dealkylation sites (N-methyl/N-ethyl adjacent to an activating group) is 1. The molecule has 0 bridgehead atoms. The SMILES string of the molecule is COCC(O)CN(C)C(=O)COc1ccccc1O. The van der Waals surface area contributed by atoms with E-state index in [0.717, 1.165) is 0 Å². The van der Waals surface area contributed by atoms with E-state index in [1.165, 1.54) is 18.1 Å². The fourth-order valence-electron chi connectivity index (χ4n) is 1.49. The Morgan fingerprint density at radius 2 is 2.11 bits per heavy atom. The lowest BCUT2D eigenvalue weighted by atomic mass is 10.3. The van der Waals surface area contributed by atoms with Gasteiger partial charge in [-0.2, -0.15) is 0 Å². The van der Waals surface area contributed by atoms with Gasteiger partial charge in [-0.1, -0.05) is 12.1 Å². The zero-order chi connectivity index (χ0) is 14.3. The highest BCUT2D eigenvalue weighted by Crippen LogP contribution is 2.24. The van der Waals surface area contributed by atoms with Crippen LogP contribution in [0.2, 0.25) is 0 Å². The van der Waals surface area contributed by atoms with E-state index >= 15 is 0 Å². The quantitative estimate of drug-likeness (QED) is 0.741. The van der Waals surface area contributed by atoms with Crippen molar-refractivity contribution in [3.63, 3.8) is 0 Å². The number of para-hydroxylation sites is 2. The van der Waals surface area contributed by atoms with Gasteiger partial charge < -0.3 is 24.6 Å². The standard InChI is InChI=1S/C13H19NO5/c1-14(7-10(15)8-18-2)13(17)9-19-12-6-4-3-5-11(12)16/h3-6,10,15-16H,7-9H2,1-2H3. The van der Waals surface area contributed by atoms with Crippen LogP contribution in [0.1, 0.15) is 0 Å². The van der Waals surface area contributed by atoms with Gasteiger partial charge in [0.25, 0.3) is 5.91 Å². The van der Waals surface area contributed by atoms with E-state index in [1.54, 1.807) is 25.2 Å². The molecule has 1 aromatic rings.